The summed E-state index contributed by atoms with van der Waals surface area (Å²) in [5, 5.41) is 5.19. The van der Waals surface area contributed by atoms with Crippen molar-refractivity contribution >= 4 is 22.2 Å². The minimum absolute atomic E-state index is 0.112. The normalized spacial score (nSPS) is 11.1. The average molecular weight is 266 g/mol. The summed E-state index contributed by atoms with van der Waals surface area (Å²) in [7, 11) is 1.81. The molecule has 0 aliphatic heterocycles. The van der Waals surface area contributed by atoms with E-state index in [2.05, 4.69) is 14.7 Å². The molecule has 0 spiro atoms. The summed E-state index contributed by atoms with van der Waals surface area (Å²) in [5.41, 5.74) is 2.14. The smallest absolute Gasteiger partial charge is 0.236 e. The number of fused-ring (bicyclic) bond motifs is 1. The van der Waals surface area contributed by atoms with E-state index < -0.39 is 0 Å². The molecular weight excluding hydrogens is 248 g/mol. The van der Waals surface area contributed by atoms with Crippen LogP contribution < -0.4 is 5.32 Å². The van der Waals surface area contributed by atoms with E-state index in [0.29, 0.717) is 13.1 Å². The molecule has 5 nitrogen and oxygen atoms in total. The number of thiazole rings is 1. The summed E-state index contributed by atoms with van der Waals surface area (Å²) >= 11 is 1.62. The van der Waals surface area contributed by atoms with Crippen molar-refractivity contribution < 1.29 is 4.79 Å². The molecular formula is C12H18N4OS. The molecule has 0 aliphatic rings. The molecule has 1 amide bonds. The van der Waals surface area contributed by atoms with Gasteiger partial charge >= 0.3 is 0 Å². The molecule has 2 aromatic rings. The van der Waals surface area contributed by atoms with Gasteiger partial charge in [0.1, 0.15) is 0 Å². The molecule has 0 saturated heterocycles. The molecule has 0 unspecified atom stereocenters. The minimum Gasteiger partial charge on any atom is -0.345 e. The van der Waals surface area contributed by atoms with Crippen LogP contribution in [0.15, 0.2) is 11.6 Å². The number of aromatic nitrogens is 2. The number of carbonyl (C=O) groups is 1. The van der Waals surface area contributed by atoms with Crippen molar-refractivity contribution in [1.82, 2.24) is 19.6 Å². The van der Waals surface area contributed by atoms with E-state index in [4.69, 9.17) is 0 Å². The first-order valence-electron chi connectivity index (χ1n) is 5.99. The predicted octanol–water partition coefficient (Wildman–Crippen LogP) is 1.27. The Labute approximate surface area is 110 Å². The molecule has 0 aromatic carbocycles. The first-order valence-corrected chi connectivity index (χ1v) is 6.87. The molecule has 0 atom stereocenters. The number of hydrogen-bond acceptors (Lipinski definition) is 4. The third kappa shape index (κ3) is 2.54. The van der Waals surface area contributed by atoms with Gasteiger partial charge in [-0.3, -0.25) is 9.20 Å². The van der Waals surface area contributed by atoms with E-state index in [1.54, 1.807) is 16.2 Å². The van der Waals surface area contributed by atoms with Gasteiger partial charge in [-0.15, -0.1) is 11.3 Å². The van der Waals surface area contributed by atoms with Crippen LogP contribution in [0, 0.1) is 6.92 Å². The van der Waals surface area contributed by atoms with Crippen LogP contribution in [-0.2, 0) is 11.3 Å². The van der Waals surface area contributed by atoms with Gasteiger partial charge in [0.25, 0.3) is 0 Å². The van der Waals surface area contributed by atoms with Gasteiger partial charge in [0.2, 0.25) is 5.91 Å². The summed E-state index contributed by atoms with van der Waals surface area (Å²) in [5.74, 6) is 0.112. The van der Waals surface area contributed by atoms with E-state index in [9.17, 15) is 4.79 Å². The fourth-order valence-electron chi connectivity index (χ4n) is 1.75. The standard InChI is InChI=1S/C12H18N4OS/c1-4-15(3)11(17)8-13-7-10-9(2)14-12-16(10)5-6-18-12/h5-6,13H,4,7-8H2,1-3H3. The lowest BCUT2D eigenvalue weighted by molar-refractivity contribution is -0.128. The lowest BCUT2D eigenvalue weighted by Crippen LogP contribution is -2.35. The van der Waals surface area contributed by atoms with Crippen molar-refractivity contribution in [2.45, 2.75) is 20.4 Å². The van der Waals surface area contributed by atoms with Crippen molar-refractivity contribution in [3.8, 4) is 0 Å². The number of likely N-dealkylation sites (N-methyl/N-ethyl adjacent to an activating group) is 1. The monoisotopic (exact) mass is 266 g/mol. The molecule has 0 fully saturated rings. The van der Waals surface area contributed by atoms with Crippen molar-refractivity contribution in [2.75, 3.05) is 20.1 Å². The second-order valence-corrected chi connectivity index (χ2v) is 5.08. The Bertz CT molecular complexity index is 545. The van der Waals surface area contributed by atoms with Crippen molar-refractivity contribution in [3.63, 3.8) is 0 Å². The van der Waals surface area contributed by atoms with Crippen LogP contribution in [-0.4, -0.2) is 40.3 Å². The summed E-state index contributed by atoms with van der Waals surface area (Å²) in [6.07, 6.45) is 2.01. The molecule has 0 aliphatic carbocycles. The van der Waals surface area contributed by atoms with Crippen LogP contribution in [0.5, 0.6) is 0 Å². The zero-order chi connectivity index (χ0) is 13.1. The zero-order valence-corrected chi connectivity index (χ0v) is 11.8. The third-order valence-electron chi connectivity index (χ3n) is 3.03. The van der Waals surface area contributed by atoms with Gasteiger partial charge in [0.05, 0.1) is 17.9 Å². The van der Waals surface area contributed by atoms with E-state index >= 15 is 0 Å². The van der Waals surface area contributed by atoms with Crippen molar-refractivity contribution in [2.24, 2.45) is 0 Å². The molecule has 2 aromatic heterocycles. The fraction of sp³-hybridized carbons (Fsp3) is 0.500. The number of carbonyl (C=O) groups excluding carboxylic acids is 1. The quantitative estimate of drug-likeness (QED) is 0.886. The summed E-state index contributed by atoms with van der Waals surface area (Å²) < 4.78 is 2.07. The number of nitrogens with one attached hydrogen (secondary N) is 1. The number of nitrogens with zero attached hydrogens (tertiary/aromatic N) is 3. The molecule has 18 heavy (non-hydrogen) atoms. The number of rotatable bonds is 5. The highest BCUT2D eigenvalue weighted by Gasteiger charge is 2.10. The highest BCUT2D eigenvalue weighted by atomic mass is 32.1. The Morgan fingerprint density at radius 1 is 1.61 bits per heavy atom. The maximum absolute atomic E-state index is 11.6. The van der Waals surface area contributed by atoms with Gasteiger partial charge in [-0.2, -0.15) is 0 Å². The molecule has 2 heterocycles. The van der Waals surface area contributed by atoms with Crippen molar-refractivity contribution in [1.29, 1.82) is 0 Å². The SMILES string of the molecule is CCN(C)C(=O)CNCc1c(C)nc2sccn12. The number of hydrogen-bond donors (Lipinski definition) is 1. The Morgan fingerprint density at radius 2 is 2.39 bits per heavy atom. The molecule has 98 valence electrons. The molecule has 1 N–H and O–H groups in total. The van der Waals surface area contributed by atoms with Crippen LogP contribution >= 0.6 is 11.3 Å². The molecule has 0 saturated carbocycles. The summed E-state index contributed by atoms with van der Waals surface area (Å²) in [6, 6.07) is 0. The number of aryl methyl sites for hydroxylation is 1. The number of amides is 1. The van der Waals surface area contributed by atoms with Gasteiger partial charge in [0.15, 0.2) is 4.96 Å². The maximum Gasteiger partial charge on any atom is 0.236 e. The molecule has 0 radical (unpaired) electrons. The highest BCUT2D eigenvalue weighted by Crippen LogP contribution is 2.16. The van der Waals surface area contributed by atoms with Gasteiger partial charge in [-0.1, -0.05) is 0 Å². The molecule has 2 rings (SSSR count). The van der Waals surface area contributed by atoms with Gasteiger partial charge in [0, 0.05) is 31.7 Å². The van der Waals surface area contributed by atoms with Crippen LogP contribution in [0.25, 0.3) is 4.96 Å². The Morgan fingerprint density at radius 3 is 3.11 bits per heavy atom. The Hall–Kier alpha value is -1.40. The topological polar surface area (TPSA) is 49.6 Å². The second-order valence-electron chi connectivity index (χ2n) is 4.21. The van der Waals surface area contributed by atoms with Crippen molar-refractivity contribution in [3.05, 3.63) is 23.0 Å². The molecule has 6 heteroatoms. The van der Waals surface area contributed by atoms with E-state index in [-0.39, 0.29) is 5.91 Å². The predicted molar refractivity (Wildman–Crippen MR) is 72.8 cm³/mol. The van der Waals surface area contributed by atoms with E-state index in [0.717, 1.165) is 22.9 Å². The zero-order valence-electron chi connectivity index (χ0n) is 10.9. The lowest BCUT2D eigenvalue weighted by atomic mass is 10.3. The average Bonchev–Trinajstić information content (AvgIpc) is 2.90. The van der Waals surface area contributed by atoms with E-state index in [1.165, 1.54) is 0 Å². The lowest BCUT2D eigenvalue weighted by Gasteiger charge is -2.14. The Balaban J connectivity index is 1.96. The second kappa shape index (κ2) is 5.49. The summed E-state index contributed by atoms with van der Waals surface area (Å²) in [4.78, 5) is 18.8. The maximum atomic E-state index is 11.6. The van der Waals surface area contributed by atoms with E-state index in [1.807, 2.05) is 32.5 Å². The van der Waals surface area contributed by atoms with Gasteiger partial charge in [-0.05, 0) is 13.8 Å². The first kappa shape index (κ1) is 13.0. The third-order valence-corrected chi connectivity index (χ3v) is 3.79. The highest BCUT2D eigenvalue weighted by molar-refractivity contribution is 7.15. The molecule has 0 bridgehead atoms. The van der Waals surface area contributed by atoms with Crippen LogP contribution in [0.4, 0.5) is 0 Å². The van der Waals surface area contributed by atoms with Crippen LogP contribution in [0.3, 0.4) is 0 Å². The number of imidazole rings is 1. The minimum atomic E-state index is 0.112. The van der Waals surface area contributed by atoms with Crippen LogP contribution in [0.2, 0.25) is 0 Å². The van der Waals surface area contributed by atoms with Crippen LogP contribution in [0.1, 0.15) is 18.3 Å². The summed E-state index contributed by atoms with van der Waals surface area (Å²) in [6.45, 7) is 5.72. The first-order chi connectivity index (χ1) is 8.63. The van der Waals surface area contributed by atoms with Gasteiger partial charge < -0.3 is 10.2 Å². The van der Waals surface area contributed by atoms with Gasteiger partial charge in [-0.25, -0.2) is 4.98 Å². The largest absolute Gasteiger partial charge is 0.345 e. The Kier molecular flexibility index (Phi) is 3.98. The fourth-order valence-corrected chi connectivity index (χ4v) is 2.53.